The van der Waals surface area contributed by atoms with E-state index in [1.807, 2.05) is 26.0 Å². The van der Waals surface area contributed by atoms with Crippen LogP contribution in [0.15, 0.2) is 22.7 Å². The largest absolute Gasteiger partial charge is 0.491 e. The highest BCUT2D eigenvalue weighted by atomic mass is 79.9. The highest BCUT2D eigenvalue weighted by molar-refractivity contribution is 9.10. The van der Waals surface area contributed by atoms with Gasteiger partial charge in [0.2, 0.25) is 0 Å². The molecule has 0 aliphatic rings. The molecule has 0 bridgehead atoms. The third-order valence-electron chi connectivity index (χ3n) is 2.56. The first-order valence-electron chi connectivity index (χ1n) is 6.87. The zero-order valence-electron chi connectivity index (χ0n) is 12.0. The van der Waals surface area contributed by atoms with Crippen LogP contribution in [0.25, 0.3) is 0 Å². The standard InChI is InChI=1S/C15H24BrNO2/c1-4-7-17-11-13-10-14(5-6-15(13)16)19-9-8-18-12(2)3/h5-6,10,12,17H,4,7-9,11H2,1-3H3. The van der Waals surface area contributed by atoms with Gasteiger partial charge in [0.05, 0.1) is 12.7 Å². The quantitative estimate of drug-likeness (QED) is 0.700. The second kappa shape index (κ2) is 9.34. The van der Waals surface area contributed by atoms with Gasteiger partial charge in [0.1, 0.15) is 12.4 Å². The smallest absolute Gasteiger partial charge is 0.119 e. The van der Waals surface area contributed by atoms with Crippen LogP contribution in [0.2, 0.25) is 0 Å². The molecular weight excluding hydrogens is 306 g/mol. The van der Waals surface area contributed by atoms with Gasteiger partial charge in [0.15, 0.2) is 0 Å². The normalized spacial score (nSPS) is 11.0. The molecule has 3 nitrogen and oxygen atoms in total. The minimum absolute atomic E-state index is 0.252. The molecule has 0 amide bonds. The third kappa shape index (κ3) is 6.95. The van der Waals surface area contributed by atoms with Gasteiger partial charge < -0.3 is 14.8 Å². The predicted octanol–water partition coefficient (Wildman–Crippen LogP) is 3.75. The van der Waals surface area contributed by atoms with Crippen molar-refractivity contribution < 1.29 is 9.47 Å². The van der Waals surface area contributed by atoms with Crippen molar-refractivity contribution in [1.29, 1.82) is 0 Å². The van der Waals surface area contributed by atoms with Gasteiger partial charge in [0.25, 0.3) is 0 Å². The molecule has 0 unspecified atom stereocenters. The second-order valence-electron chi connectivity index (χ2n) is 4.70. The summed E-state index contributed by atoms with van der Waals surface area (Å²) in [6.07, 6.45) is 1.39. The Morgan fingerprint density at radius 1 is 1.26 bits per heavy atom. The van der Waals surface area contributed by atoms with Crippen LogP contribution in [0.5, 0.6) is 5.75 Å². The summed E-state index contributed by atoms with van der Waals surface area (Å²) >= 11 is 3.56. The number of nitrogens with one attached hydrogen (secondary N) is 1. The van der Waals surface area contributed by atoms with E-state index in [2.05, 4.69) is 34.2 Å². The average Bonchev–Trinajstić information content (AvgIpc) is 2.38. The number of ether oxygens (including phenoxy) is 2. The van der Waals surface area contributed by atoms with Crippen molar-refractivity contribution >= 4 is 15.9 Å². The van der Waals surface area contributed by atoms with Gasteiger partial charge in [-0.25, -0.2) is 0 Å². The van der Waals surface area contributed by atoms with Gasteiger partial charge in [-0.2, -0.15) is 0 Å². The maximum atomic E-state index is 5.68. The summed E-state index contributed by atoms with van der Waals surface area (Å²) < 4.78 is 12.2. The topological polar surface area (TPSA) is 30.5 Å². The zero-order valence-corrected chi connectivity index (χ0v) is 13.6. The Bertz CT molecular complexity index is 369. The summed E-state index contributed by atoms with van der Waals surface area (Å²) in [4.78, 5) is 0. The number of benzene rings is 1. The van der Waals surface area contributed by atoms with Gasteiger partial charge in [-0.1, -0.05) is 22.9 Å². The summed E-state index contributed by atoms with van der Waals surface area (Å²) in [6.45, 7) is 9.30. The van der Waals surface area contributed by atoms with Gasteiger partial charge in [0, 0.05) is 11.0 Å². The van der Waals surface area contributed by atoms with E-state index >= 15 is 0 Å². The van der Waals surface area contributed by atoms with Crippen molar-refractivity contribution in [2.45, 2.75) is 39.8 Å². The average molecular weight is 330 g/mol. The van der Waals surface area contributed by atoms with Crippen molar-refractivity contribution in [1.82, 2.24) is 5.32 Å². The van der Waals surface area contributed by atoms with Crippen LogP contribution in [-0.2, 0) is 11.3 Å². The SMILES string of the molecule is CCCNCc1cc(OCCOC(C)C)ccc1Br. The fourth-order valence-electron chi connectivity index (χ4n) is 1.62. The summed E-state index contributed by atoms with van der Waals surface area (Å²) in [5.74, 6) is 0.892. The molecule has 0 atom stereocenters. The lowest BCUT2D eigenvalue weighted by atomic mass is 10.2. The number of rotatable bonds is 9. The van der Waals surface area contributed by atoms with Crippen LogP contribution in [0.4, 0.5) is 0 Å². The molecule has 0 spiro atoms. The van der Waals surface area contributed by atoms with Crippen molar-refractivity contribution in [3.8, 4) is 5.75 Å². The molecule has 1 rings (SSSR count). The molecule has 0 radical (unpaired) electrons. The van der Waals surface area contributed by atoms with Crippen LogP contribution in [0.1, 0.15) is 32.8 Å². The van der Waals surface area contributed by atoms with E-state index in [0.717, 1.165) is 29.7 Å². The Morgan fingerprint density at radius 2 is 2.05 bits per heavy atom. The van der Waals surface area contributed by atoms with E-state index < -0.39 is 0 Å². The van der Waals surface area contributed by atoms with E-state index in [4.69, 9.17) is 9.47 Å². The highest BCUT2D eigenvalue weighted by Crippen LogP contribution is 2.22. The summed E-state index contributed by atoms with van der Waals surface area (Å²) in [5, 5.41) is 3.39. The van der Waals surface area contributed by atoms with Crippen LogP contribution in [-0.4, -0.2) is 25.9 Å². The van der Waals surface area contributed by atoms with Gasteiger partial charge in [-0.15, -0.1) is 0 Å². The fraction of sp³-hybridized carbons (Fsp3) is 0.600. The molecule has 108 valence electrons. The lowest BCUT2D eigenvalue weighted by Gasteiger charge is -2.11. The second-order valence-corrected chi connectivity index (χ2v) is 5.55. The lowest BCUT2D eigenvalue weighted by molar-refractivity contribution is 0.0552. The van der Waals surface area contributed by atoms with E-state index in [-0.39, 0.29) is 6.10 Å². The van der Waals surface area contributed by atoms with Crippen LogP contribution < -0.4 is 10.1 Å². The number of hydrogen-bond donors (Lipinski definition) is 1. The Hall–Kier alpha value is -0.580. The molecule has 0 fully saturated rings. The molecule has 19 heavy (non-hydrogen) atoms. The third-order valence-corrected chi connectivity index (χ3v) is 3.34. The molecule has 0 aliphatic heterocycles. The monoisotopic (exact) mass is 329 g/mol. The fourth-order valence-corrected chi connectivity index (χ4v) is 2.01. The van der Waals surface area contributed by atoms with Crippen molar-refractivity contribution in [3.63, 3.8) is 0 Å². The molecule has 1 aromatic rings. The van der Waals surface area contributed by atoms with E-state index in [1.165, 1.54) is 5.56 Å². The van der Waals surface area contributed by atoms with E-state index in [9.17, 15) is 0 Å². The van der Waals surface area contributed by atoms with Crippen molar-refractivity contribution in [2.24, 2.45) is 0 Å². The number of hydrogen-bond acceptors (Lipinski definition) is 3. The summed E-state index contributed by atoms with van der Waals surface area (Å²) in [5.41, 5.74) is 1.22. The first-order valence-corrected chi connectivity index (χ1v) is 7.66. The minimum Gasteiger partial charge on any atom is -0.491 e. The lowest BCUT2D eigenvalue weighted by Crippen LogP contribution is -2.14. The summed E-state index contributed by atoms with van der Waals surface area (Å²) in [6, 6.07) is 6.08. The van der Waals surface area contributed by atoms with Crippen molar-refractivity contribution in [2.75, 3.05) is 19.8 Å². The van der Waals surface area contributed by atoms with Crippen LogP contribution >= 0.6 is 15.9 Å². The Morgan fingerprint density at radius 3 is 2.74 bits per heavy atom. The minimum atomic E-state index is 0.252. The number of halogens is 1. The first kappa shape index (κ1) is 16.5. The maximum Gasteiger partial charge on any atom is 0.119 e. The molecule has 0 saturated heterocycles. The van der Waals surface area contributed by atoms with Crippen LogP contribution in [0.3, 0.4) is 0 Å². The Kier molecular flexibility index (Phi) is 8.10. The molecule has 1 aromatic carbocycles. The van der Waals surface area contributed by atoms with E-state index in [0.29, 0.717) is 13.2 Å². The predicted molar refractivity (Wildman–Crippen MR) is 82.7 cm³/mol. The van der Waals surface area contributed by atoms with Gasteiger partial charge >= 0.3 is 0 Å². The maximum absolute atomic E-state index is 5.68. The molecule has 4 heteroatoms. The van der Waals surface area contributed by atoms with Gasteiger partial charge in [-0.3, -0.25) is 0 Å². The van der Waals surface area contributed by atoms with Crippen LogP contribution in [0, 0.1) is 0 Å². The molecule has 1 N–H and O–H groups in total. The summed E-state index contributed by atoms with van der Waals surface area (Å²) in [7, 11) is 0. The molecule has 0 aliphatic carbocycles. The zero-order chi connectivity index (χ0) is 14.1. The Labute approximate surface area is 124 Å². The highest BCUT2D eigenvalue weighted by Gasteiger charge is 2.03. The first-order chi connectivity index (χ1) is 9.13. The molecule has 0 aromatic heterocycles. The molecule has 0 saturated carbocycles. The molecule has 0 heterocycles. The van der Waals surface area contributed by atoms with Crippen molar-refractivity contribution in [3.05, 3.63) is 28.2 Å². The molecular formula is C15H24BrNO2. The van der Waals surface area contributed by atoms with Gasteiger partial charge in [-0.05, 0) is 50.6 Å². The van der Waals surface area contributed by atoms with E-state index in [1.54, 1.807) is 0 Å². The Balaban J connectivity index is 2.43.